The summed E-state index contributed by atoms with van der Waals surface area (Å²) in [6, 6.07) is 33.8. The highest BCUT2D eigenvalue weighted by Gasteiger charge is 2.53. The Kier molecular flexibility index (Phi) is 15.4. The van der Waals surface area contributed by atoms with Gasteiger partial charge in [0.15, 0.2) is 0 Å². The zero-order valence-electron chi connectivity index (χ0n) is 60.2. The Bertz CT molecular complexity index is 4230. The van der Waals surface area contributed by atoms with Gasteiger partial charge in [0.2, 0.25) is 23.6 Å². The standard InChI is InChI=1S/C84H98N8O4/c1-77(2,3)47-35-45(36-48(39-47)78(4,5)6)67-59-27-31-63(85-59)71(69-55(89-73(93)51-41-81(51,13)14)23-21-24-56(69)90-74(94)52-42-82(52,15)16)65-33-29-61(87-65)68(46-37-49(79(7,8)9)40-50(38-46)80(10,11)12)62-30-34-66(88-62)72(64-32-28-60(67)86-64)70-57(91-75(95)53-43-83(53,17)18)25-22-26-58(70)92-76(96)54-44-84(54,19)20/h21-40,51-54,85,88H,41-44H2,1-20H3,(H,89,93)(H,90,94)(H,91,95)(H,92,96)/t51-,52-,53-,54-/m1/s1. The van der Waals surface area contributed by atoms with Gasteiger partial charge in [-0.1, -0.05) is 187 Å². The molecule has 8 bridgehead atoms. The predicted octanol–water partition coefficient (Wildman–Crippen LogP) is 20.5. The molecule has 0 spiro atoms. The molecule has 12 nitrogen and oxygen atoms in total. The van der Waals surface area contributed by atoms with Gasteiger partial charge in [0, 0.05) is 79.1 Å². The molecular formula is C84H98N8O4. The molecule has 96 heavy (non-hydrogen) atoms. The molecule has 5 heterocycles. The highest BCUT2D eigenvalue weighted by Crippen LogP contribution is 2.57. The Hall–Kier alpha value is -8.64. The SMILES string of the molecule is CC(C)(C)c1cc(-c2c3nc(c(-c4c(NC(=O)[C@H]5CC5(C)C)cccc4NC(=O)[C@H]4CC4(C)C)c4ccc([nH]4)c(-c4cc(C(C)(C)C)cc(C(C)(C)C)c4)c4nc(c(-c5c(NC(=O)[C@H]6CC6(C)C)cccc5NC(=O)[C@H]5CC5(C)C)c5ccc2[nH]5)C=C4)C=C3)cc(C(C)(C)C)c1. The van der Waals surface area contributed by atoms with E-state index in [9.17, 15) is 19.2 Å². The van der Waals surface area contributed by atoms with Crippen molar-refractivity contribution >= 4 is 92.7 Å². The van der Waals surface area contributed by atoms with Gasteiger partial charge in [0.25, 0.3) is 0 Å². The number of hydrogen-bond donors (Lipinski definition) is 6. The minimum Gasteiger partial charge on any atom is -0.354 e. The van der Waals surface area contributed by atoms with Gasteiger partial charge in [-0.15, -0.1) is 0 Å². The molecule has 0 unspecified atom stereocenters. The molecule has 7 aromatic rings. The maximum atomic E-state index is 14.6. The summed E-state index contributed by atoms with van der Waals surface area (Å²) in [5.41, 5.74) is 17.0. The molecule has 4 atom stereocenters. The average Bonchev–Trinajstić information content (AvgIpc) is 1.57. The lowest BCUT2D eigenvalue weighted by molar-refractivity contribution is -0.118. The van der Waals surface area contributed by atoms with Gasteiger partial charge in [0.1, 0.15) is 0 Å². The molecule has 13 rings (SSSR count). The van der Waals surface area contributed by atoms with Crippen LogP contribution in [0.4, 0.5) is 22.7 Å². The van der Waals surface area contributed by atoms with E-state index in [4.69, 9.17) is 9.97 Å². The summed E-state index contributed by atoms with van der Waals surface area (Å²) in [4.78, 5) is 78.2. The highest BCUT2D eigenvalue weighted by atomic mass is 16.2. The minimum absolute atomic E-state index is 0.0757. The maximum absolute atomic E-state index is 14.6. The zero-order valence-corrected chi connectivity index (χ0v) is 60.2. The van der Waals surface area contributed by atoms with Crippen LogP contribution < -0.4 is 21.3 Å². The van der Waals surface area contributed by atoms with Gasteiger partial charge >= 0.3 is 0 Å². The number of anilines is 4. The third-order valence-corrected chi connectivity index (χ3v) is 21.6. The van der Waals surface area contributed by atoms with E-state index >= 15 is 0 Å². The molecule has 0 saturated heterocycles. The van der Waals surface area contributed by atoms with Crippen molar-refractivity contribution in [3.63, 3.8) is 0 Å². The second-order valence-corrected chi connectivity index (χ2v) is 35.5. The average molecular weight is 1280 g/mol. The van der Waals surface area contributed by atoms with Gasteiger partial charge < -0.3 is 31.2 Å². The number of nitrogens with zero attached hydrogens (tertiary/aromatic N) is 2. The normalized spacial score (nSPS) is 20.1. The van der Waals surface area contributed by atoms with Gasteiger partial charge in [0.05, 0.1) is 45.5 Å². The van der Waals surface area contributed by atoms with Crippen molar-refractivity contribution in [1.29, 1.82) is 0 Å². The molecular weight excluding hydrogens is 1180 g/mol. The zero-order chi connectivity index (χ0) is 69.1. The lowest BCUT2D eigenvalue weighted by Crippen LogP contribution is -2.19. The van der Waals surface area contributed by atoms with Crippen LogP contribution in [0.2, 0.25) is 0 Å². The van der Waals surface area contributed by atoms with Crippen LogP contribution in [0.15, 0.2) is 97.1 Å². The summed E-state index contributed by atoms with van der Waals surface area (Å²) in [6.45, 7) is 44.0. The van der Waals surface area contributed by atoms with Crippen molar-refractivity contribution in [2.45, 2.75) is 186 Å². The fourth-order valence-corrected chi connectivity index (χ4v) is 14.2. The van der Waals surface area contributed by atoms with Gasteiger partial charge in [-0.05, 0) is 175 Å². The fourth-order valence-electron chi connectivity index (χ4n) is 14.2. The molecule has 4 aliphatic carbocycles. The third kappa shape index (κ3) is 12.6. The Morgan fingerprint density at radius 3 is 0.781 bits per heavy atom. The van der Waals surface area contributed by atoms with E-state index in [1.165, 1.54) is 0 Å². The molecule has 498 valence electrons. The van der Waals surface area contributed by atoms with Gasteiger partial charge in [-0.3, -0.25) is 19.2 Å². The number of aromatic nitrogens is 4. The number of rotatable bonds is 12. The summed E-state index contributed by atoms with van der Waals surface area (Å²) >= 11 is 0. The second kappa shape index (κ2) is 22.5. The lowest BCUT2D eigenvalue weighted by Gasteiger charge is -2.26. The molecule has 4 saturated carbocycles. The maximum Gasteiger partial charge on any atom is 0.228 e. The van der Waals surface area contributed by atoms with Crippen molar-refractivity contribution in [3.05, 3.63) is 142 Å². The summed E-state index contributed by atoms with van der Waals surface area (Å²) in [6.07, 6.45) is 11.4. The molecule has 0 radical (unpaired) electrons. The van der Waals surface area contributed by atoms with E-state index in [1.54, 1.807) is 0 Å². The van der Waals surface area contributed by atoms with Crippen LogP contribution in [0.3, 0.4) is 0 Å². The summed E-state index contributed by atoms with van der Waals surface area (Å²) in [5.74, 6) is -1.06. The molecule has 4 fully saturated rings. The number of fused-ring (bicyclic) bond motifs is 8. The first-order valence-electron chi connectivity index (χ1n) is 34.7. The lowest BCUT2D eigenvalue weighted by atomic mass is 9.78. The minimum atomic E-state index is -0.242. The first kappa shape index (κ1) is 66.0. The van der Waals surface area contributed by atoms with Crippen LogP contribution in [0, 0.1) is 45.3 Å². The van der Waals surface area contributed by atoms with Crippen molar-refractivity contribution in [1.82, 2.24) is 19.9 Å². The first-order chi connectivity index (χ1) is 44.7. The molecule has 4 aromatic carbocycles. The van der Waals surface area contributed by atoms with Crippen LogP contribution >= 0.6 is 0 Å². The molecule has 12 heteroatoms. The van der Waals surface area contributed by atoms with Gasteiger partial charge in [-0.2, -0.15) is 0 Å². The number of hydrogen-bond acceptors (Lipinski definition) is 6. The van der Waals surface area contributed by atoms with E-state index in [0.29, 0.717) is 78.8 Å². The largest absolute Gasteiger partial charge is 0.354 e. The van der Waals surface area contributed by atoms with Crippen molar-refractivity contribution in [3.8, 4) is 44.5 Å². The number of H-pyrrole nitrogens is 2. The molecule has 3 aromatic heterocycles. The van der Waals surface area contributed by atoms with Crippen molar-refractivity contribution in [2.75, 3.05) is 21.3 Å². The molecule has 2 aliphatic heterocycles. The Morgan fingerprint density at radius 2 is 0.562 bits per heavy atom. The van der Waals surface area contributed by atoms with Crippen LogP contribution in [0.5, 0.6) is 0 Å². The van der Waals surface area contributed by atoms with E-state index in [-0.39, 0.29) is 90.6 Å². The smallest absolute Gasteiger partial charge is 0.228 e. The topological polar surface area (TPSA) is 174 Å². The number of aromatic amines is 2. The molecule has 6 N–H and O–H groups in total. The summed E-state index contributed by atoms with van der Waals surface area (Å²) < 4.78 is 0. The van der Waals surface area contributed by atoms with Crippen LogP contribution in [0.1, 0.15) is 209 Å². The van der Waals surface area contributed by atoms with Crippen molar-refractivity contribution < 1.29 is 19.2 Å². The Morgan fingerprint density at radius 1 is 0.344 bits per heavy atom. The van der Waals surface area contributed by atoms with Crippen LogP contribution in [-0.4, -0.2) is 43.6 Å². The van der Waals surface area contributed by atoms with Crippen molar-refractivity contribution in [2.24, 2.45) is 45.3 Å². The first-order valence-corrected chi connectivity index (χ1v) is 34.7. The summed E-state index contributed by atoms with van der Waals surface area (Å²) in [7, 11) is 0. The second-order valence-electron chi connectivity index (χ2n) is 35.5. The quantitative estimate of drug-likeness (QED) is 0.0710. The molecule has 6 aliphatic rings. The number of amides is 4. The summed E-state index contributed by atoms with van der Waals surface area (Å²) in [5, 5.41) is 13.7. The number of benzene rings is 4. The number of nitrogens with one attached hydrogen (secondary N) is 6. The van der Waals surface area contributed by atoms with E-state index < -0.39 is 0 Å². The number of carbonyl (C=O) groups is 4. The third-order valence-electron chi connectivity index (χ3n) is 21.6. The van der Waals surface area contributed by atoms with Crippen LogP contribution in [-0.2, 0) is 40.8 Å². The van der Waals surface area contributed by atoms with E-state index in [0.717, 1.165) is 81.2 Å². The predicted molar refractivity (Wildman–Crippen MR) is 397 cm³/mol. The Balaban J connectivity index is 1.20. The monoisotopic (exact) mass is 1280 g/mol. The highest BCUT2D eigenvalue weighted by molar-refractivity contribution is 6.12. The van der Waals surface area contributed by atoms with E-state index in [2.05, 4.69) is 255 Å². The van der Waals surface area contributed by atoms with Crippen LogP contribution in [0.25, 0.3) is 90.9 Å². The Labute approximate surface area is 567 Å². The fraction of sp³-hybridized carbons (Fsp3) is 0.429. The van der Waals surface area contributed by atoms with Gasteiger partial charge in [-0.25, -0.2) is 9.97 Å². The molecule has 4 amide bonds. The number of carbonyl (C=O) groups excluding carboxylic acids is 4. The van der Waals surface area contributed by atoms with E-state index in [1.807, 2.05) is 36.4 Å².